The van der Waals surface area contributed by atoms with Gasteiger partial charge in [-0.05, 0) is 56.6 Å². The molecular weight excluding hydrogens is 456 g/mol. The smallest absolute Gasteiger partial charge is 0.255 e. The predicted molar refractivity (Wildman–Crippen MR) is 123 cm³/mol. The van der Waals surface area contributed by atoms with Crippen LogP contribution in [0.15, 0.2) is 29.3 Å². The van der Waals surface area contributed by atoms with Crippen LogP contribution in [0.5, 0.6) is 0 Å². The number of nitrogens with two attached hydrogens (primary N) is 1. The molecule has 5 rings (SSSR count). The van der Waals surface area contributed by atoms with E-state index in [-0.39, 0.29) is 28.3 Å². The maximum absolute atomic E-state index is 13.6. The largest absolute Gasteiger partial charge is 0.337 e. The predicted octanol–water partition coefficient (Wildman–Crippen LogP) is 1.30. The molecule has 2 unspecified atom stereocenters. The zero-order valence-electron chi connectivity index (χ0n) is 19.3. The van der Waals surface area contributed by atoms with Gasteiger partial charge in [-0.25, -0.2) is 13.6 Å². The molecule has 0 bridgehead atoms. The minimum atomic E-state index is -4.04. The Morgan fingerprint density at radius 3 is 2.68 bits per heavy atom. The number of sulfonamides is 1. The third kappa shape index (κ3) is 4.58. The van der Waals surface area contributed by atoms with E-state index in [0.717, 1.165) is 43.5 Å². The molecule has 2 amide bonds. The maximum atomic E-state index is 13.6. The van der Waals surface area contributed by atoms with Crippen LogP contribution < -0.4 is 5.14 Å². The Hall–Kier alpha value is -2.79. The lowest BCUT2D eigenvalue weighted by Crippen LogP contribution is -2.42. The van der Waals surface area contributed by atoms with Crippen molar-refractivity contribution in [1.82, 2.24) is 24.8 Å². The second-order valence-corrected chi connectivity index (χ2v) is 11.3. The first-order chi connectivity index (χ1) is 16.2. The van der Waals surface area contributed by atoms with E-state index in [1.54, 1.807) is 26.6 Å². The minimum Gasteiger partial charge on any atom is -0.337 e. The standard InChI is InChI=1S/C23H30N6O4S/c1-15-4-7-21(34(24,32)33)19(11-15)23(31)29-10-8-18(16-5-6-16)20(29)14-28-13-17(25-26-28)12-27-9-2-3-22(27)30/h4,7,11,13,16,18,20H,2-3,5-6,8-10,12,14H2,1H3,(H2,24,32,33). The van der Waals surface area contributed by atoms with Gasteiger partial charge >= 0.3 is 0 Å². The normalized spacial score (nSPS) is 23.2. The first-order valence-corrected chi connectivity index (χ1v) is 13.4. The Kier molecular flexibility index (Phi) is 5.93. The molecular formula is C23H30N6O4S. The average Bonchev–Trinajstić information content (AvgIpc) is 3.18. The lowest BCUT2D eigenvalue weighted by atomic mass is 9.94. The van der Waals surface area contributed by atoms with Gasteiger partial charge in [-0.3, -0.25) is 14.3 Å². The third-order valence-electron chi connectivity index (χ3n) is 7.24. The molecule has 1 aliphatic carbocycles. The summed E-state index contributed by atoms with van der Waals surface area (Å²) >= 11 is 0. The highest BCUT2D eigenvalue weighted by Crippen LogP contribution is 2.45. The van der Waals surface area contributed by atoms with Gasteiger partial charge in [-0.15, -0.1) is 5.10 Å². The summed E-state index contributed by atoms with van der Waals surface area (Å²) in [6, 6.07) is 4.54. The number of hydrogen-bond acceptors (Lipinski definition) is 6. The summed E-state index contributed by atoms with van der Waals surface area (Å²) in [6.45, 7) is 4.04. The number of aromatic nitrogens is 3. The number of primary sulfonamides is 1. The van der Waals surface area contributed by atoms with Gasteiger partial charge in [0.05, 0.1) is 35.8 Å². The highest BCUT2D eigenvalue weighted by molar-refractivity contribution is 7.89. The number of carbonyl (C=O) groups excluding carboxylic acids is 2. The monoisotopic (exact) mass is 486 g/mol. The van der Waals surface area contributed by atoms with E-state index in [1.165, 1.54) is 6.07 Å². The molecule has 0 radical (unpaired) electrons. The van der Waals surface area contributed by atoms with Crippen LogP contribution in [-0.4, -0.2) is 64.2 Å². The van der Waals surface area contributed by atoms with Crippen molar-refractivity contribution in [3.63, 3.8) is 0 Å². The van der Waals surface area contributed by atoms with Gasteiger partial charge in [0.1, 0.15) is 5.69 Å². The molecule has 2 saturated heterocycles. The van der Waals surface area contributed by atoms with Gasteiger partial charge < -0.3 is 9.80 Å². The van der Waals surface area contributed by atoms with Crippen LogP contribution in [0, 0.1) is 18.8 Å². The Morgan fingerprint density at radius 1 is 1.21 bits per heavy atom. The van der Waals surface area contributed by atoms with Crippen LogP contribution in [0.25, 0.3) is 0 Å². The fourth-order valence-electron chi connectivity index (χ4n) is 5.41. The van der Waals surface area contributed by atoms with Crippen molar-refractivity contribution >= 4 is 21.8 Å². The van der Waals surface area contributed by atoms with E-state index >= 15 is 0 Å². The van der Waals surface area contributed by atoms with Crippen LogP contribution in [0.1, 0.15) is 53.7 Å². The molecule has 2 N–H and O–H groups in total. The number of amides is 2. The fourth-order valence-corrected chi connectivity index (χ4v) is 6.12. The quantitative estimate of drug-likeness (QED) is 0.627. The lowest BCUT2D eigenvalue weighted by molar-refractivity contribution is -0.128. The number of hydrogen-bond donors (Lipinski definition) is 1. The summed E-state index contributed by atoms with van der Waals surface area (Å²) in [7, 11) is -4.04. The van der Waals surface area contributed by atoms with Crippen molar-refractivity contribution in [2.75, 3.05) is 13.1 Å². The minimum absolute atomic E-state index is 0.114. The molecule has 0 spiro atoms. The zero-order chi connectivity index (χ0) is 24.0. The molecule has 2 atom stereocenters. The molecule has 34 heavy (non-hydrogen) atoms. The molecule has 182 valence electrons. The summed E-state index contributed by atoms with van der Waals surface area (Å²) in [5.41, 5.74) is 1.64. The highest BCUT2D eigenvalue weighted by atomic mass is 32.2. The molecule has 3 aliphatic rings. The molecule has 10 nitrogen and oxygen atoms in total. The number of nitrogens with zero attached hydrogens (tertiary/aromatic N) is 5. The Labute approximate surface area is 199 Å². The third-order valence-corrected chi connectivity index (χ3v) is 8.21. The van der Waals surface area contributed by atoms with Crippen LogP contribution in [0.4, 0.5) is 0 Å². The van der Waals surface area contributed by atoms with E-state index in [0.29, 0.717) is 37.9 Å². The molecule has 1 aromatic carbocycles. The molecule has 2 aliphatic heterocycles. The van der Waals surface area contributed by atoms with E-state index < -0.39 is 10.0 Å². The maximum Gasteiger partial charge on any atom is 0.255 e. The van der Waals surface area contributed by atoms with E-state index in [1.807, 2.05) is 13.1 Å². The van der Waals surface area contributed by atoms with Crippen LogP contribution >= 0.6 is 0 Å². The number of likely N-dealkylation sites (tertiary alicyclic amines) is 2. The Bertz CT molecular complexity index is 1220. The Balaban J connectivity index is 1.39. The molecule has 1 saturated carbocycles. The first-order valence-electron chi connectivity index (χ1n) is 11.8. The topological polar surface area (TPSA) is 131 Å². The van der Waals surface area contributed by atoms with Crippen molar-refractivity contribution < 1.29 is 18.0 Å². The van der Waals surface area contributed by atoms with Gasteiger partial charge in [-0.2, -0.15) is 0 Å². The summed E-state index contributed by atoms with van der Waals surface area (Å²) < 4.78 is 26.1. The van der Waals surface area contributed by atoms with Crippen molar-refractivity contribution in [1.29, 1.82) is 0 Å². The summed E-state index contributed by atoms with van der Waals surface area (Å²) in [6.07, 6.45) is 6.47. The van der Waals surface area contributed by atoms with Gasteiger partial charge in [-0.1, -0.05) is 16.8 Å². The van der Waals surface area contributed by atoms with Gasteiger partial charge in [0, 0.05) is 19.5 Å². The Morgan fingerprint density at radius 2 is 2.00 bits per heavy atom. The molecule has 1 aromatic heterocycles. The van der Waals surface area contributed by atoms with Crippen LogP contribution in [0.2, 0.25) is 0 Å². The van der Waals surface area contributed by atoms with Gasteiger partial charge in [0.2, 0.25) is 15.9 Å². The molecule has 3 heterocycles. The number of benzene rings is 1. The molecule has 2 aromatic rings. The number of rotatable bonds is 7. The summed E-state index contributed by atoms with van der Waals surface area (Å²) in [5, 5.41) is 13.9. The molecule has 3 fully saturated rings. The molecule has 11 heteroatoms. The second kappa shape index (κ2) is 8.77. The van der Waals surface area contributed by atoms with Crippen molar-refractivity contribution in [2.45, 2.75) is 63.1 Å². The van der Waals surface area contributed by atoms with Crippen LogP contribution in [0.3, 0.4) is 0 Å². The first kappa shape index (κ1) is 23.0. The van der Waals surface area contributed by atoms with Crippen LogP contribution in [-0.2, 0) is 27.9 Å². The summed E-state index contributed by atoms with van der Waals surface area (Å²) in [5.74, 6) is 0.728. The number of aryl methyl sites for hydroxylation is 1. The van der Waals surface area contributed by atoms with E-state index in [2.05, 4.69) is 10.3 Å². The van der Waals surface area contributed by atoms with Crippen molar-refractivity contribution in [2.24, 2.45) is 17.0 Å². The number of carbonyl (C=O) groups is 2. The van der Waals surface area contributed by atoms with Crippen molar-refractivity contribution in [3.8, 4) is 0 Å². The van der Waals surface area contributed by atoms with Crippen molar-refractivity contribution in [3.05, 3.63) is 41.2 Å². The fraction of sp³-hybridized carbons (Fsp3) is 0.565. The lowest BCUT2D eigenvalue weighted by Gasteiger charge is -2.29. The van der Waals surface area contributed by atoms with E-state index in [4.69, 9.17) is 5.14 Å². The average molecular weight is 487 g/mol. The van der Waals surface area contributed by atoms with E-state index in [9.17, 15) is 18.0 Å². The zero-order valence-corrected chi connectivity index (χ0v) is 20.1. The summed E-state index contributed by atoms with van der Waals surface area (Å²) in [4.78, 5) is 29.0. The second-order valence-electron chi connectivity index (χ2n) is 9.75. The SMILES string of the molecule is Cc1ccc(S(N)(=O)=O)c(C(=O)N2CCC(C3CC3)C2Cn2cc(CN3CCCC3=O)nn2)c1. The highest BCUT2D eigenvalue weighted by Gasteiger charge is 2.45. The van der Waals surface area contributed by atoms with Gasteiger partial charge in [0.25, 0.3) is 5.91 Å². The van der Waals surface area contributed by atoms with Gasteiger partial charge in [0.15, 0.2) is 0 Å².